The summed E-state index contributed by atoms with van der Waals surface area (Å²) in [5.41, 5.74) is 1.19. The van der Waals surface area contributed by atoms with Gasteiger partial charge in [-0.15, -0.1) is 0 Å². The predicted octanol–water partition coefficient (Wildman–Crippen LogP) is 2.06. The summed E-state index contributed by atoms with van der Waals surface area (Å²) in [5, 5.41) is 3.23. The Hall–Kier alpha value is -2.38. The molecule has 0 aliphatic rings. The molecule has 2 rings (SSSR count). The van der Waals surface area contributed by atoms with Crippen molar-refractivity contribution >= 4 is 16.0 Å². The maximum Gasteiger partial charge on any atom is 0.240 e. The molecule has 2 N–H and O–H groups in total. The lowest BCUT2D eigenvalue weighted by molar-refractivity contribution is 0.477. The average molecular weight is 375 g/mol. The second kappa shape index (κ2) is 9.94. The monoisotopic (exact) mass is 374 g/mol. The number of guanidine groups is 1. The van der Waals surface area contributed by atoms with Gasteiger partial charge in [0.15, 0.2) is 5.96 Å². The Labute approximate surface area is 156 Å². The predicted molar refractivity (Wildman–Crippen MR) is 106 cm³/mol. The van der Waals surface area contributed by atoms with Crippen LogP contribution in [0.5, 0.6) is 0 Å². The van der Waals surface area contributed by atoms with E-state index in [0.717, 1.165) is 19.0 Å². The number of hydrogen-bond donors (Lipinski definition) is 2. The van der Waals surface area contributed by atoms with E-state index in [1.165, 1.54) is 5.56 Å². The minimum Gasteiger partial charge on any atom is -0.357 e. The Bertz CT molecular complexity index is 793. The summed E-state index contributed by atoms with van der Waals surface area (Å²) in [6, 6.07) is 18.5. The first-order valence-electron chi connectivity index (χ1n) is 8.61. The van der Waals surface area contributed by atoms with Crippen LogP contribution in [0.1, 0.15) is 12.5 Å². The number of rotatable bonds is 8. The van der Waals surface area contributed by atoms with Gasteiger partial charge in [0.1, 0.15) is 0 Å². The summed E-state index contributed by atoms with van der Waals surface area (Å²) in [7, 11) is -1.53. The van der Waals surface area contributed by atoms with Gasteiger partial charge in [-0.3, -0.25) is 4.99 Å². The van der Waals surface area contributed by atoms with Crippen molar-refractivity contribution in [3.05, 3.63) is 66.2 Å². The highest BCUT2D eigenvalue weighted by atomic mass is 32.2. The van der Waals surface area contributed by atoms with E-state index in [9.17, 15) is 8.42 Å². The molecule has 0 saturated heterocycles. The lowest BCUT2D eigenvalue weighted by Gasteiger charge is -2.22. The van der Waals surface area contributed by atoms with Crippen LogP contribution in [0.3, 0.4) is 0 Å². The topological polar surface area (TPSA) is 73.8 Å². The molecular weight excluding hydrogens is 348 g/mol. The Morgan fingerprint density at radius 2 is 1.65 bits per heavy atom. The van der Waals surface area contributed by atoms with Crippen LogP contribution in [0.4, 0.5) is 0 Å². The molecule has 0 aromatic heterocycles. The van der Waals surface area contributed by atoms with Gasteiger partial charge < -0.3 is 10.2 Å². The highest BCUT2D eigenvalue weighted by molar-refractivity contribution is 7.89. The molecule has 0 spiro atoms. The molecule has 26 heavy (non-hydrogen) atoms. The average Bonchev–Trinajstić information content (AvgIpc) is 2.65. The zero-order valence-electron chi connectivity index (χ0n) is 15.2. The molecule has 6 nitrogen and oxygen atoms in total. The van der Waals surface area contributed by atoms with Crippen molar-refractivity contribution in [3.8, 4) is 0 Å². The van der Waals surface area contributed by atoms with Crippen LogP contribution in [0, 0.1) is 0 Å². The molecular formula is C19H26N4O2S. The maximum absolute atomic E-state index is 12.2. The number of sulfonamides is 1. The van der Waals surface area contributed by atoms with Gasteiger partial charge in [-0.05, 0) is 24.6 Å². The fourth-order valence-electron chi connectivity index (χ4n) is 2.43. The van der Waals surface area contributed by atoms with Gasteiger partial charge in [0.2, 0.25) is 10.0 Å². The first kappa shape index (κ1) is 19.9. The van der Waals surface area contributed by atoms with E-state index in [0.29, 0.717) is 6.54 Å². The van der Waals surface area contributed by atoms with Gasteiger partial charge in [0, 0.05) is 26.7 Å². The zero-order valence-corrected chi connectivity index (χ0v) is 16.0. The van der Waals surface area contributed by atoms with Crippen LogP contribution in [0.25, 0.3) is 0 Å². The molecule has 0 aliphatic heterocycles. The van der Waals surface area contributed by atoms with Gasteiger partial charge in [0.25, 0.3) is 0 Å². The lowest BCUT2D eigenvalue weighted by atomic mass is 10.2. The molecule has 0 atom stereocenters. The molecule has 0 fully saturated rings. The molecule has 0 aliphatic carbocycles. The van der Waals surface area contributed by atoms with Crippen LogP contribution < -0.4 is 10.0 Å². The minimum atomic E-state index is -3.49. The highest BCUT2D eigenvalue weighted by Gasteiger charge is 2.12. The van der Waals surface area contributed by atoms with Crippen molar-refractivity contribution in [2.45, 2.75) is 18.4 Å². The Kier molecular flexibility index (Phi) is 7.62. The fraction of sp³-hybridized carbons (Fsp3) is 0.316. The number of nitrogens with one attached hydrogen (secondary N) is 2. The first-order chi connectivity index (χ1) is 12.5. The van der Waals surface area contributed by atoms with Gasteiger partial charge in [0.05, 0.1) is 11.4 Å². The molecule has 0 unspecified atom stereocenters. The van der Waals surface area contributed by atoms with E-state index >= 15 is 0 Å². The molecule has 7 heteroatoms. The van der Waals surface area contributed by atoms with Crippen LogP contribution in [-0.2, 0) is 16.6 Å². The SMILES string of the molecule is CCNC(=NCCNS(=O)(=O)c1ccccc1)N(C)Cc1ccccc1. The smallest absolute Gasteiger partial charge is 0.240 e. The summed E-state index contributed by atoms with van der Waals surface area (Å²) in [6.07, 6.45) is 0. The summed E-state index contributed by atoms with van der Waals surface area (Å²) in [6.45, 7) is 4.07. The van der Waals surface area contributed by atoms with Gasteiger partial charge in [-0.1, -0.05) is 48.5 Å². The van der Waals surface area contributed by atoms with Crippen molar-refractivity contribution in [3.63, 3.8) is 0 Å². The van der Waals surface area contributed by atoms with Crippen LogP contribution in [0.2, 0.25) is 0 Å². The van der Waals surface area contributed by atoms with Crippen LogP contribution in [0.15, 0.2) is 70.6 Å². The third-order valence-electron chi connectivity index (χ3n) is 3.68. The summed E-state index contributed by atoms with van der Waals surface area (Å²) >= 11 is 0. The van der Waals surface area contributed by atoms with E-state index in [2.05, 4.69) is 27.2 Å². The largest absolute Gasteiger partial charge is 0.357 e. The molecule has 0 heterocycles. The Morgan fingerprint density at radius 1 is 1.04 bits per heavy atom. The first-order valence-corrected chi connectivity index (χ1v) is 10.1. The second-order valence-corrected chi connectivity index (χ2v) is 7.56. The van der Waals surface area contributed by atoms with Crippen molar-refractivity contribution in [1.29, 1.82) is 0 Å². The molecule has 0 radical (unpaired) electrons. The van der Waals surface area contributed by atoms with Crippen molar-refractivity contribution in [1.82, 2.24) is 14.9 Å². The van der Waals surface area contributed by atoms with Gasteiger partial charge >= 0.3 is 0 Å². The number of aliphatic imine (C=N–C) groups is 1. The van der Waals surface area contributed by atoms with Crippen LogP contribution in [-0.4, -0.2) is 46.0 Å². The third-order valence-corrected chi connectivity index (χ3v) is 5.15. The number of hydrogen-bond acceptors (Lipinski definition) is 3. The van der Waals surface area contributed by atoms with Crippen molar-refractivity contribution in [2.75, 3.05) is 26.7 Å². The minimum absolute atomic E-state index is 0.241. The van der Waals surface area contributed by atoms with Crippen molar-refractivity contribution in [2.24, 2.45) is 4.99 Å². The summed E-state index contributed by atoms with van der Waals surface area (Å²) in [4.78, 5) is 6.79. The Morgan fingerprint density at radius 3 is 2.27 bits per heavy atom. The summed E-state index contributed by atoms with van der Waals surface area (Å²) in [5.74, 6) is 0.746. The van der Waals surface area contributed by atoms with Crippen molar-refractivity contribution < 1.29 is 8.42 Å². The quantitative estimate of drug-likeness (QED) is 0.421. The standard InChI is InChI=1S/C19H26N4O2S/c1-3-20-19(23(2)16-17-10-6-4-7-11-17)21-14-15-22-26(24,25)18-12-8-5-9-13-18/h4-13,22H,3,14-16H2,1-2H3,(H,20,21). The number of nitrogens with zero attached hydrogens (tertiary/aromatic N) is 2. The summed E-state index contributed by atoms with van der Waals surface area (Å²) < 4.78 is 27.0. The molecule has 0 saturated carbocycles. The fourth-order valence-corrected chi connectivity index (χ4v) is 3.47. The van der Waals surface area contributed by atoms with E-state index in [1.807, 2.05) is 37.1 Å². The van der Waals surface area contributed by atoms with E-state index in [-0.39, 0.29) is 11.4 Å². The van der Waals surface area contributed by atoms with E-state index in [1.54, 1.807) is 30.3 Å². The second-order valence-electron chi connectivity index (χ2n) is 5.79. The molecule has 2 aromatic carbocycles. The molecule has 0 amide bonds. The third kappa shape index (κ3) is 6.16. The van der Waals surface area contributed by atoms with Gasteiger partial charge in [-0.25, -0.2) is 13.1 Å². The normalized spacial score (nSPS) is 12.0. The zero-order chi connectivity index (χ0) is 18.8. The number of benzene rings is 2. The van der Waals surface area contributed by atoms with E-state index < -0.39 is 10.0 Å². The van der Waals surface area contributed by atoms with Gasteiger partial charge in [-0.2, -0.15) is 0 Å². The molecule has 140 valence electrons. The molecule has 2 aromatic rings. The maximum atomic E-state index is 12.2. The Balaban J connectivity index is 1.92. The molecule has 0 bridgehead atoms. The van der Waals surface area contributed by atoms with E-state index in [4.69, 9.17) is 0 Å². The highest BCUT2D eigenvalue weighted by Crippen LogP contribution is 2.06. The lowest BCUT2D eigenvalue weighted by Crippen LogP contribution is -2.39. The van der Waals surface area contributed by atoms with Crippen LogP contribution >= 0.6 is 0 Å².